The first-order chi connectivity index (χ1) is 16.3. The summed E-state index contributed by atoms with van der Waals surface area (Å²) in [7, 11) is 0. The minimum Gasteiger partial charge on any atom is -0.480 e. The summed E-state index contributed by atoms with van der Waals surface area (Å²) < 4.78 is 5.62. The molecule has 1 aliphatic heterocycles. The Balaban J connectivity index is 1.36. The number of aliphatic carboxylic acids is 1. The highest BCUT2D eigenvalue weighted by atomic mass is 16.5. The van der Waals surface area contributed by atoms with Crippen molar-refractivity contribution in [2.75, 3.05) is 39.3 Å². The number of carboxylic acids is 1. The fourth-order valence-corrected chi connectivity index (χ4v) is 4.79. The lowest BCUT2D eigenvalue weighted by Crippen LogP contribution is -2.56. The largest absolute Gasteiger partial charge is 0.480 e. The lowest BCUT2D eigenvalue weighted by atomic mass is 9.98. The van der Waals surface area contributed by atoms with Gasteiger partial charge in [0.2, 0.25) is 5.91 Å². The summed E-state index contributed by atoms with van der Waals surface area (Å²) in [6.07, 6.45) is -0.613. The maximum Gasteiger partial charge on any atom is 0.407 e. The van der Waals surface area contributed by atoms with E-state index in [0.29, 0.717) is 26.2 Å². The van der Waals surface area contributed by atoms with Gasteiger partial charge >= 0.3 is 12.1 Å². The van der Waals surface area contributed by atoms with Crippen molar-refractivity contribution in [2.24, 2.45) is 5.92 Å². The summed E-state index contributed by atoms with van der Waals surface area (Å²) in [5.41, 5.74) is 4.58. The Morgan fingerprint density at radius 2 is 1.53 bits per heavy atom. The number of alkyl carbamates (subject to hydrolysis) is 1. The Hall–Kier alpha value is -3.39. The van der Waals surface area contributed by atoms with Crippen LogP contribution in [0.25, 0.3) is 11.1 Å². The summed E-state index contributed by atoms with van der Waals surface area (Å²) in [6.45, 7) is 5.77. The molecule has 2 aromatic carbocycles. The Labute approximate surface area is 199 Å². The number of amides is 2. The average molecular weight is 466 g/mol. The van der Waals surface area contributed by atoms with Gasteiger partial charge in [0.05, 0.1) is 6.54 Å². The average Bonchev–Trinajstić information content (AvgIpc) is 3.14. The first kappa shape index (κ1) is 23.8. The molecule has 4 rings (SSSR count). The van der Waals surface area contributed by atoms with Crippen LogP contribution in [0.5, 0.6) is 0 Å². The lowest BCUT2D eigenvalue weighted by molar-refractivity contribution is -0.140. The van der Waals surface area contributed by atoms with Crippen LogP contribution in [0.3, 0.4) is 0 Å². The van der Waals surface area contributed by atoms with Gasteiger partial charge in [-0.1, -0.05) is 62.4 Å². The van der Waals surface area contributed by atoms with E-state index in [4.69, 9.17) is 9.84 Å². The maximum absolute atomic E-state index is 13.1. The summed E-state index contributed by atoms with van der Waals surface area (Å²) in [4.78, 5) is 40.2. The number of carbonyl (C=O) groups is 3. The van der Waals surface area contributed by atoms with Crippen LogP contribution in [0.2, 0.25) is 0 Å². The Kier molecular flexibility index (Phi) is 7.17. The van der Waals surface area contributed by atoms with Gasteiger partial charge < -0.3 is 20.1 Å². The van der Waals surface area contributed by atoms with Crippen molar-refractivity contribution >= 4 is 18.0 Å². The van der Waals surface area contributed by atoms with Crippen molar-refractivity contribution in [3.8, 4) is 11.1 Å². The van der Waals surface area contributed by atoms with Crippen molar-refractivity contribution < 1.29 is 24.2 Å². The third-order valence-corrected chi connectivity index (χ3v) is 6.59. The monoisotopic (exact) mass is 465 g/mol. The molecule has 1 atom stereocenters. The van der Waals surface area contributed by atoms with Crippen molar-refractivity contribution in [3.63, 3.8) is 0 Å². The van der Waals surface area contributed by atoms with E-state index < -0.39 is 18.1 Å². The van der Waals surface area contributed by atoms with Crippen molar-refractivity contribution in [1.82, 2.24) is 15.1 Å². The molecule has 8 heteroatoms. The molecule has 2 aliphatic rings. The van der Waals surface area contributed by atoms with Crippen molar-refractivity contribution in [1.29, 1.82) is 0 Å². The van der Waals surface area contributed by atoms with Gasteiger partial charge in [-0.25, -0.2) is 4.79 Å². The molecule has 0 unspecified atom stereocenters. The molecule has 180 valence electrons. The van der Waals surface area contributed by atoms with E-state index in [-0.39, 0.29) is 30.9 Å². The standard InChI is InChI=1S/C26H31N3O5/c1-17(2)24(25(32)29-13-11-28(12-14-29)15-23(30)31)27-26(33)34-16-22-20-9-5-3-7-18(20)19-8-4-6-10-21(19)22/h3-10,17,22,24H,11-16H2,1-2H3,(H,27,33)(H,30,31)/t24-/m1/s1. The highest BCUT2D eigenvalue weighted by Gasteiger charge is 2.33. The zero-order chi connectivity index (χ0) is 24.2. The smallest absolute Gasteiger partial charge is 0.407 e. The number of hydrogen-bond acceptors (Lipinski definition) is 5. The first-order valence-electron chi connectivity index (χ1n) is 11.7. The summed E-state index contributed by atoms with van der Waals surface area (Å²) in [5.74, 6) is -1.21. The van der Waals surface area contributed by atoms with E-state index in [0.717, 1.165) is 22.3 Å². The topological polar surface area (TPSA) is 99.2 Å². The van der Waals surface area contributed by atoms with Crippen LogP contribution >= 0.6 is 0 Å². The number of carboxylic acid groups (broad SMARTS) is 1. The number of fused-ring (bicyclic) bond motifs is 3. The van der Waals surface area contributed by atoms with E-state index in [9.17, 15) is 14.4 Å². The number of ether oxygens (including phenoxy) is 1. The van der Waals surface area contributed by atoms with Gasteiger partial charge in [-0.3, -0.25) is 14.5 Å². The number of benzene rings is 2. The van der Waals surface area contributed by atoms with E-state index in [1.54, 1.807) is 9.80 Å². The second kappa shape index (κ2) is 10.3. The predicted octanol–water partition coefficient (Wildman–Crippen LogP) is 2.78. The first-order valence-corrected chi connectivity index (χ1v) is 11.7. The molecule has 1 fully saturated rings. The fraction of sp³-hybridized carbons (Fsp3) is 0.423. The molecule has 1 saturated heterocycles. The van der Waals surface area contributed by atoms with Gasteiger partial charge in [0.25, 0.3) is 0 Å². The quantitative estimate of drug-likeness (QED) is 0.653. The molecular formula is C26H31N3O5. The second-order valence-corrected chi connectivity index (χ2v) is 9.19. The number of nitrogens with zero attached hydrogens (tertiary/aromatic N) is 2. The third-order valence-electron chi connectivity index (χ3n) is 6.59. The van der Waals surface area contributed by atoms with E-state index in [1.807, 2.05) is 38.1 Å². The molecule has 0 aromatic heterocycles. The Bertz CT molecular complexity index is 1020. The summed E-state index contributed by atoms with van der Waals surface area (Å²) in [5, 5.41) is 11.7. The SMILES string of the molecule is CC(C)[C@@H](NC(=O)OCC1c2ccccc2-c2ccccc21)C(=O)N1CCN(CC(=O)O)CC1. The number of rotatable bonds is 7. The lowest BCUT2D eigenvalue weighted by Gasteiger charge is -2.36. The van der Waals surface area contributed by atoms with Crippen molar-refractivity contribution in [2.45, 2.75) is 25.8 Å². The molecular weight excluding hydrogens is 434 g/mol. The molecule has 2 N–H and O–H groups in total. The highest BCUT2D eigenvalue weighted by Crippen LogP contribution is 2.44. The minimum atomic E-state index is -0.878. The normalized spacial score (nSPS) is 16.6. The molecule has 0 bridgehead atoms. The molecule has 1 heterocycles. The van der Waals surface area contributed by atoms with E-state index >= 15 is 0 Å². The van der Waals surface area contributed by atoms with Gasteiger partial charge in [0, 0.05) is 32.1 Å². The van der Waals surface area contributed by atoms with Crippen LogP contribution in [-0.4, -0.2) is 78.2 Å². The van der Waals surface area contributed by atoms with E-state index in [1.165, 1.54) is 0 Å². The number of carbonyl (C=O) groups excluding carboxylic acids is 2. The summed E-state index contributed by atoms with van der Waals surface area (Å²) >= 11 is 0. The zero-order valence-corrected chi connectivity index (χ0v) is 19.6. The second-order valence-electron chi connectivity index (χ2n) is 9.19. The van der Waals surface area contributed by atoms with Crippen LogP contribution in [0.4, 0.5) is 4.79 Å². The molecule has 0 radical (unpaired) electrons. The number of nitrogens with one attached hydrogen (secondary N) is 1. The molecule has 8 nitrogen and oxygen atoms in total. The number of piperazine rings is 1. The molecule has 2 aromatic rings. The third kappa shape index (κ3) is 5.07. The zero-order valence-electron chi connectivity index (χ0n) is 19.6. The van der Waals surface area contributed by atoms with Gasteiger partial charge in [0.1, 0.15) is 12.6 Å². The fourth-order valence-electron chi connectivity index (χ4n) is 4.79. The predicted molar refractivity (Wildman–Crippen MR) is 127 cm³/mol. The van der Waals surface area contributed by atoms with Gasteiger partial charge in [-0.15, -0.1) is 0 Å². The van der Waals surface area contributed by atoms with Crippen LogP contribution in [0.15, 0.2) is 48.5 Å². The Morgan fingerprint density at radius 3 is 2.06 bits per heavy atom. The molecule has 34 heavy (non-hydrogen) atoms. The van der Waals surface area contributed by atoms with Gasteiger partial charge in [-0.05, 0) is 28.2 Å². The van der Waals surface area contributed by atoms with Crippen LogP contribution in [0, 0.1) is 5.92 Å². The summed E-state index contributed by atoms with van der Waals surface area (Å²) in [6, 6.07) is 15.6. The van der Waals surface area contributed by atoms with Gasteiger partial charge in [0.15, 0.2) is 0 Å². The molecule has 2 amide bonds. The van der Waals surface area contributed by atoms with Crippen LogP contribution in [-0.2, 0) is 14.3 Å². The maximum atomic E-state index is 13.1. The number of hydrogen-bond donors (Lipinski definition) is 2. The molecule has 0 spiro atoms. The van der Waals surface area contributed by atoms with Gasteiger partial charge in [-0.2, -0.15) is 0 Å². The van der Waals surface area contributed by atoms with Crippen LogP contribution < -0.4 is 5.32 Å². The molecule has 1 aliphatic carbocycles. The van der Waals surface area contributed by atoms with Crippen LogP contribution in [0.1, 0.15) is 30.9 Å². The van der Waals surface area contributed by atoms with Crippen molar-refractivity contribution in [3.05, 3.63) is 59.7 Å². The minimum absolute atomic E-state index is 0.0341. The highest BCUT2D eigenvalue weighted by molar-refractivity contribution is 5.86. The Morgan fingerprint density at radius 1 is 0.971 bits per heavy atom. The van der Waals surface area contributed by atoms with E-state index in [2.05, 4.69) is 29.6 Å². The molecule has 0 saturated carbocycles.